The van der Waals surface area contributed by atoms with Crippen LogP contribution in [0.25, 0.3) is 0 Å². The van der Waals surface area contributed by atoms with Gasteiger partial charge >= 0.3 is 11.6 Å². The minimum absolute atomic E-state index is 0.0928. The van der Waals surface area contributed by atoms with Crippen LogP contribution in [0.1, 0.15) is 5.76 Å². The second-order valence-corrected chi connectivity index (χ2v) is 3.36. The van der Waals surface area contributed by atoms with Crippen molar-refractivity contribution >= 4 is 5.88 Å². The van der Waals surface area contributed by atoms with E-state index in [1.165, 1.54) is 6.07 Å². The third-order valence-electron chi connectivity index (χ3n) is 2.12. The van der Waals surface area contributed by atoms with E-state index in [2.05, 4.69) is 0 Å². The molecule has 0 fully saturated rings. The predicted molar refractivity (Wildman–Crippen MR) is 55.7 cm³/mol. The molecule has 1 N–H and O–H groups in total. The summed E-state index contributed by atoms with van der Waals surface area (Å²) < 4.78 is 18.6. The summed E-state index contributed by atoms with van der Waals surface area (Å²) in [6, 6.07) is 2.40. The molecule has 0 saturated carbocycles. The van der Waals surface area contributed by atoms with Crippen LogP contribution in [-0.4, -0.2) is 14.5 Å². The largest absolute Gasteiger partial charge is 0.433 e. The van der Waals surface area contributed by atoms with Crippen molar-refractivity contribution in [3.63, 3.8) is 0 Å². The number of hydrogen-bond donors (Lipinski definition) is 1. The molecule has 0 unspecified atom stereocenters. The first-order valence-electron chi connectivity index (χ1n) is 4.70. The van der Waals surface area contributed by atoms with Gasteiger partial charge < -0.3 is 4.42 Å². The van der Waals surface area contributed by atoms with E-state index >= 15 is 0 Å². The molecule has 9 heteroatoms. The lowest BCUT2D eigenvalue weighted by Gasteiger charge is -2.01. The van der Waals surface area contributed by atoms with Crippen molar-refractivity contribution in [2.45, 2.75) is 6.54 Å². The molecule has 8 nitrogen and oxygen atoms in total. The molecule has 0 atom stereocenters. The number of nitrogens with zero attached hydrogens (tertiary/aromatic N) is 2. The minimum atomic E-state index is -1.13. The van der Waals surface area contributed by atoms with Gasteiger partial charge in [0.1, 0.15) is 10.7 Å². The minimum Gasteiger partial charge on any atom is -0.404 e. The molecule has 2 aromatic heterocycles. The zero-order valence-corrected chi connectivity index (χ0v) is 8.75. The molecule has 0 aromatic carbocycles. The highest BCUT2D eigenvalue weighted by Crippen LogP contribution is 2.15. The first kappa shape index (κ1) is 11.8. The van der Waals surface area contributed by atoms with Crippen molar-refractivity contribution in [3.8, 4) is 0 Å². The molecule has 0 aliphatic carbocycles. The van der Waals surface area contributed by atoms with Gasteiger partial charge in [-0.15, -0.1) is 0 Å². The van der Waals surface area contributed by atoms with Crippen LogP contribution in [-0.2, 0) is 6.54 Å². The normalized spacial score (nSPS) is 10.5. The van der Waals surface area contributed by atoms with Crippen LogP contribution >= 0.6 is 0 Å². The van der Waals surface area contributed by atoms with Gasteiger partial charge in [-0.1, -0.05) is 0 Å². The lowest BCUT2D eigenvalue weighted by atomic mass is 10.4. The Morgan fingerprint density at radius 2 is 2.17 bits per heavy atom. The van der Waals surface area contributed by atoms with Crippen molar-refractivity contribution in [1.29, 1.82) is 0 Å². The summed E-state index contributed by atoms with van der Waals surface area (Å²) in [5.74, 6) is -1.52. The molecular weight excluding hydrogens is 249 g/mol. The van der Waals surface area contributed by atoms with Crippen LogP contribution in [0.4, 0.5) is 10.3 Å². The van der Waals surface area contributed by atoms with Gasteiger partial charge in [0.25, 0.3) is 5.56 Å². The van der Waals surface area contributed by atoms with Gasteiger partial charge in [0, 0.05) is 0 Å². The number of aromatic nitrogens is 2. The van der Waals surface area contributed by atoms with E-state index in [4.69, 9.17) is 4.42 Å². The fraction of sp³-hybridized carbons (Fsp3) is 0.111. The molecule has 18 heavy (non-hydrogen) atoms. The third kappa shape index (κ3) is 2.19. The maximum atomic E-state index is 13.0. The van der Waals surface area contributed by atoms with Gasteiger partial charge in [-0.05, 0) is 6.07 Å². The molecule has 2 aromatic rings. The number of rotatable bonds is 3. The maximum absolute atomic E-state index is 13.0. The highest BCUT2D eigenvalue weighted by Gasteiger charge is 2.13. The van der Waals surface area contributed by atoms with Crippen LogP contribution in [0.5, 0.6) is 0 Å². The van der Waals surface area contributed by atoms with Crippen LogP contribution in [0.2, 0.25) is 0 Å². The monoisotopic (exact) mass is 255 g/mol. The maximum Gasteiger partial charge on any atom is 0.433 e. The first-order chi connectivity index (χ1) is 8.47. The number of aromatic amines is 1. The molecule has 0 amide bonds. The second-order valence-electron chi connectivity index (χ2n) is 3.36. The Hall–Kier alpha value is -2.71. The van der Waals surface area contributed by atoms with Crippen LogP contribution in [0.15, 0.2) is 32.3 Å². The Balaban J connectivity index is 2.34. The van der Waals surface area contributed by atoms with Crippen molar-refractivity contribution < 1.29 is 13.7 Å². The molecule has 94 valence electrons. The Bertz CT molecular complexity index is 713. The van der Waals surface area contributed by atoms with Crippen molar-refractivity contribution in [1.82, 2.24) is 9.55 Å². The number of nitrogens with one attached hydrogen (secondary N) is 1. The summed E-state index contributed by atoms with van der Waals surface area (Å²) in [5, 5.41) is 10.4. The average molecular weight is 255 g/mol. The van der Waals surface area contributed by atoms with Gasteiger partial charge in [-0.2, -0.15) is 4.39 Å². The summed E-state index contributed by atoms with van der Waals surface area (Å²) in [6.45, 7) is -0.222. The summed E-state index contributed by atoms with van der Waals surface area (Å²) in [5.41, 5.74) is -1.96. The molecule has 0 saturated heterocycles. The number of H-pyrrole nitrogens is 1. The predicted octanol–water partition coefficient (Wildman–Crippen LogP) is 0.225. The van der Waals surface area contributed by atoms with E-state index in [0.29, 0.717) is 6.20 Å². The zero-order valence-electron chi connectivity index (χ0n) is 8.75. The van der Waals surface area contributed by atoms with Gasteiger partial charge in [-0.3, -0.25) is 24.5 Å². The summed E-state index contributed by atoms with van der Waals surface area (Å²) in [4.78, 5) is 33.5. The molecule has 2 heterocycles. The fourth-order valence-electron chi connectivity index (χ4n) is 1.32. The summed E-state index contributed by atoms with van der Waals surface area (Å²) >= 11 is 0. The molecular formula is C9H6FN3O5. The number of halogens is 1. The number of furan rings is 1. The highest BCUT2D eigenvalue weighted by atomic mass is 19.1. The Morgan fingerprint density at radius 3 is 2.78 bits per heavy atom. The fourth-order valence-corrected chi connectivity index (χ4v) is 1.32. The van der Waals surface area contributed by atoms with Gasteiger partial charge in [0.05, 0.1) is 18.8 Å². The second kappa shape index (κ2) is 4.28. The van der Waals surface area contributed by atoms with Gasteiger partial charge in [0.2, 0.25) is 5.82 Å². The SMILES string of the molecule is O=c1[nH]c(=O)n(Cc2ccc([N+](=O)[O-])o2)cc1F. The Labute approximate surface area is 97.4 Å². The van der Waals surface area contributed by atoms with Crippen molar-refractivity contribution in [3.05, 3.63) is 60.9 Å². The summed E-state index contributed by atoms with van der Waals surface area (Å²) in [6.07, 6.45) is 0.704. The van der Waals surface area contributed by atoms with E-state index in [1.54, 1.807) is 4.98 Å². The topological polar surface area (TPSA) is 111 Å². The van der Waals surface area contributed by atoms with E-state index in [1.807, 2.05) is 0 Å². The quantitative estimate of drug-likeness (QED) is 0.623. The molecule has 0 aliphatic rings. The first-order valence-corrected chi connectivity index (χ1v) is 4.70. The standard InChI is InChI=1S/C9H6FN3O5/c10-6-4-12(9(15)11-8(6)14)3-5-1-2-7(18-5)13(16)17/h1-2,4H,3H2,(H,11,14,15). The Morgan fingerprint density at radius 1 is 1.44 bits per heavy atom. The van der Waals surface area contributed by atoms with Crippen molar-refractivity contribution in [2.75, 3.05) is 0 Å². The Kier molecular flexibility index (Phi) is 2.80. The number of hydrogen-bond acceptors (Lipinski definition) is 5. The van der Waals surface area contributed by atoms with Gasteiger partial charge in [0.15, 0.2) is 0 Å². The lowest BCUT2D eigenvalue weighted by Crippen LogP contribution is -2.31. The molecule has 0 aliphatic heterocycles. The summed E-state index contributed by atoms with van der Waals surface area (Å²) in [7, 11) is 0. The number of nitro groups is 1. The molecule has 0 radical (unpaired) electrons. The average Bonchev–Trinajstić information content (AvgIpc) is 2.74. The molecule has 2 rings (SSSR count). The van der Waals surface area contributed by atoms with Crippen molar-refractivity contribution in [2.24, 2.45) is 0 Å². The zero-order chi connectivity index (χ0) is 13.3. The van der Waals surface area contributed by atoms with E-state index in [-0.39, 0.29) is 12.3 Å². The van der Waals surface area contributed by atoms with E-state index in [9.17, 15) is 24.1 Å². The third-order valence-corrected chi connectivity index (χ3v) is 2.12. The molecule has 0 spiro atoms. The molecule has 0 bridgehead atoms. The van der Waals surface area contributed by atoms with E-state index < -0.39 is 27.9 Å². The van der Waals surface area contributed by atoms with E-state index in [0.717, 1.165) is 10.6 Å². The van der Waals surface area contributed by atoms with Gasteiger partial charge in [-0.25, -0.2) is 4.79 Å². The smallest absolute Gasteiger partial charge is 0.404 e. The lowest BCUT2D eigenvalue weighted by molar-refractivity contribution is -0.402. The van der Waals surface area contributed by atoms with Crippen LogP contribution < -0.4 is 11.2 Å². The van der Waals surface area contributed by atoms with Crippen LogP contribution in [0.3, 0.4) is 0 Å². The van der Waals surface area contributed by atoms with Crippen LogP contribution in [0, 0.1) is 15.9 Å². The highest BCUT2D eigenvalue weighted by molar-refractivity contribution is 5.17.